The van der Waals surface area contributed by atoms with Gasteiger partial charge in [-0.15, -0.1) is 0 Å². The van der Waals surface area contributed by atoms with Crippen LogP contribution < -0.4 is 16.0 Å². The van der Waals surface area contributed by atoms with Crippen LogP contribution in [-0.2, 0) is 9.53 Å². The second-order valence-corrected chi connectivity index (χ2v) is 8.14. The lowest BCUT2D eigenvalue weighted by Crippen LogP contribution is -2.36. The fourth-order valence-corrected chi connectivity index (χ4v) is 4.83. The van der Waals surface area contributed by atoms with Crippen molar-refractivity contribution in [1.29, 1.82) is 5.26 Å². The van der Waals surface area contributed by atoms with Crippen molar-refractivity contribution in [3.05, 3.63) is 58.2 Å². The molecule has 0 saturated carbocycles. The van der Waals surface area contributed by atoms with Gasteiger partial charge in [-0.3, -0.25) is 4.79 Å². The van der Waals surface area contributed by atoms with E-state index < -0.39 is 0 Å². The molecule has 3 aromatic rings. The van der Waals surface area contributed by atoms with Crippen molar-refractivity contribution in [2.45, 2.75) is 0 Å². The van der Waals surface area contributed by atoms with E-state index in [2.05, 4.69) is 27.0 Å². The summed E-state index contributed by atoms with van der Waals surface area (Å²) >= 11 is 14.1. The third kappa shape index (κ3) is 5.46. The number of carbonyl (C=O) groups excluding carboxylic acids is 1. The molecule has 0 bridgehead atoms. The highest BCUT2D eigenvalue weighted by Crippen LogP contribution is 2.48. The van der Waals surface area contributed by atoms with Crippen LogP contribution in [-0.4, -0.2) is 37.7 Å². The van der Waals surface area contributed by atoms with E-state index >= 15 is 0 Å². The third-order valence-corrected chi connectivity index (χ3v) is 6.12. The van der Waals surface area contributed by atoms with Crippen LogP contribution in [0.4, 0.5) is 15.8 Å². The highest BCUT2D eigenvalue weighted by atomic mass is 35.5. The van der Waals surface area contributed by atoms with Crippen molar-refractivity contribution in [2.75, 3.05) is 36.5 Å². The Bertz CT molecular complexity index is 1080. The van der Waals surface area contributed by atoms with E-state index in [-0.39, 0.29) is 6.41 Å². The van der Waals surface area contributed by atoms with E-state index in [1.54, 1.807) is 18.3 Å². The Kier molecular flexibility index (Phi) is 8.09. The van der Waals surface area contributed by atoms with Gasteiger partial charge >= 0.3 is 0 Å². The number of nitrogens with two attached hydrogens (primary N) is 1. The molecule has 4 rings (SSSR count). The number of primary amides is 1. The van der Waals surface area contributed by atoms with Crippen molar-refractivity contribution >= 4 is 56.8 Å². The maximum atomic E-state index is 10.0. The van der Waals surface area contributed by atoms with Gasteiger partial charge in [-0.1, -0.05) is 46.7 Å². The number of nitriles is 1. The molecule has 0 aliphatic carbocycles. The van der Waals surface area contributed by atoms with Crippen LogP contribution in [0.25, 0.3) is 11.1 Å². The van der Waals surface area contributed by atoms with Crippen LogP contribution in [0.3, 0.4) is 0 Å². The molecule has 0 unspecified atom stereocenters. The summed E-state index contributed by atoms with van der Waals surface area (Å²) in [7, 11) is 0. The molecule has 1 amide bonds. The van der Waals surface area contributed by atoms with Crippen LogP contribution in [0.15, 0.2) is 42.6 Å². The minimum atomic E-state index is 0.250. The monoisotopic (exact) mass is 475 g/mol. The van der Waals surface area contributed by atoms with Gasteiger partial charge in [0, 0.05) is 35.4 Å². The number of hydrogen-bond acceptors (Lipinski definition) is 7. The number of hydrogen-bond donors (Lipinski definition) is 2. The smallest absolute Gasteiger partial charge is 0.204 e. The average Bonchev–Trinajstić information content (AvgIpc) is 3.13. The van der Waals surface area contributed by atoms with Gasteiger partial charge in [-0.2, -0.15) is 5.26 Å². The molecule has 1 aromatic carbocycles. The fraction of sp³-hybridized carbons (Fsp3) is 0.190. The van der Waals surface area contributed by atoms with Gasteiger partial charge in [0.15, 0.2) is 0 Å². The first-order valence-corrected chi connectivity index (χ1v) is 10.8. The molecule has 160 valence electrons. The molecule has 3 heterocycles. The van der Waals surface area contributed by atoms with E-state index in [0.717, 1.165) is 34.2 Å². The largest absolute Gasteiger partial charge is 0.378 e. The van der Waals surface area contributed by atoms with Gasteiger partial charge in [0.05, 0.1) is 23.8 Å². The van der Waals surface area contributed by atoms with E-state index in [0.29, 0.717) is 34.6 Å². The molecule has 2 aromatic heterocycles. The standard InChI is InChI=1S/C20H16Cl2N4OS.CH3NO/c21-13-4-5-14(16(22)11-13)18-15(12-23)20(26-7-9-27-10-8-26)28-19(18)25-17-3-1-2-6-24-17;2-1-3/h1-6,11H,7-10H2,(H,24,25);1H,(H2,2,3). The molecule has 0 radical (unpaired) electrons. The van der Waals surface area contributed by atoms with Crippen molar-refractivity contribution < 1.29 is 9.53 Å². The number of benzene rings is 1. The highest BCUT2D eigenvalue weighted by Gasteiger charge is 2.26. The molecule has 7 nitrogen and oxygen atoms in total. The molecular weight excluding hydrogens is 457 g/mol. The molecule has 1 fully saturated rings. The minimum absolute atomic E-state index is 0.250. The summed E-state index contributed by atoms with van der Waals surface area (Å²) in [4.78, 5) is 15.1. The SMILES string of the molecule is N#Cc1c(N2CCOCC2)sc(Nc2ccccn2)c1-c1ccc(Cl)cc1Cl.NC=O. The number of thiophene rings is 1. The zero-order valence-corrected chi connectivity index (χ0v) is 18.7. The minimum Gasteiger partial charge on any atom is -0.378 e. The van der Waals surface area contributed by atoms with Crippen LogP contribution in [0, 0.1) is 11.3 Å². The summed E-state index contributed by atoms with van der Waals surface area (Å²) in [5.74, 6) is 0.702. The average molecular weight is 476 g/mol. The maximum Gasteiger partial charge on any atom is 0.204 e. The molecule has 10 heteroatoms. The van der Waals surface area contributed by atoms with Crippen molar-refractivity contribution in [3.63, 3.8) is 0 Å². The maximum absolute atomic E-state index is 10.0. The second-order valence-electron chi connectivity index (χ2n) is 6.30. The summed E-state index contributed by atoms with van der Waals surface area (Å²) in [6.45, 7) is 2.77. The number of carbonyl (C=O) groups is 1. The number of nitrogens with one attached hydrogen (secondary N) is 1. The van der Waals surface area contributed by atoms with Crippen molar-refractivity contribution in [2.24, 2.45) is 5.73 Å². The van der Waals surface area contributed by atoms with E-state index in [9.17, 15) is 5.26 Å². The number of rotatable bonds is 4. The van der Waals surface area contributed by atoms with Gasteiger partial charge in [0.1, 0.15) is 21.9 Å². The van der Waals surface area contributed by atoms with Gasteiger partial charge < -0.3 is 20.7 Å². The normalized spacial score (nSPS) is 13.0. The number of amides is 1. The number of aromatic nitrogens is 1. The molecule has 31 heavy (non-hydrogen) atoms. The zero-order valence-electron chi connectivity index (χ0n) is 16.3. The lowest BCUT2D eigenvalue weighted by atomic mass is 10.0. The Morgan fingerprint density at radius 3 is 2.61 bits per heavy atom. The molecule has 3 N–H and O–H groups in total. The predicted octanol–water partition coefficient (Wildman–Crippen LogP) is 4.67. The van der Waals surface area contributed by atoms with E-state index in [1.807, 2.05) is 24.3 Å². The van der Waals surface area contributed by atoms with Gasteiger partial charge in [-0.25, -0.2) is 4.98 Å². The lowest BCUT2D eigenvalue weighted by Gasteiger charge is -2.27. The Hall–Kier alpha value is -2.83. The first-order chi connectivity index (χ1) is 15.1. The summed E-state index contributed by atoms with van der Waals surface area (Å²) in [5, 5.41) is 16.1. The fourth-order valence-electron chi connectivity index (χ4n) is 3.10. The van der Waals surface area contributed by atoms with Gasteiger partial charge in [0.25, 0.3) is 0 Å². The van der Waals surface area contributed by atoms with E-state index in [1.165, 1.54) is 11.3 Å². The van der Waals surface area contributed by atoms with Crippen LogP contribution in [0.5, 0.6) is 0 Å². The first kappa shape index (κ1) is 22.8. The van der Waals surface area contributed by atoms with Gasteiger partial charge in [0.2, 0.25) is 6.41 Å². The molecule has 0 atom stereocenters. The molecule has 0 spiro atoms. The Labute approximate surface area is 194 Å². The number of morpholine rings is 1. The number of ether oxygens (including phenoxy) is 1. The Morgan fingerprint density at radius 2 is 2.00 bits per heavy atom. The highest BCUT2D eigenvalue weighted by molar-refractivity contribution is 7.21. The summed E-state index contributed by atoms with van der Waals surface area (Å²) in [6, 6.07) is 13.3. The lowest BCUT2D eigenvalue weighted by molar-refractivity contribution is -0.106. The third-order valence-electron chi connectivity index (χ3n) is 4.41. The van der Waals surface area contributed by atoms with E-state index in [4.69, 9.17) is 32.7 Å². The number of pyridine rings is 1. The Morgan fingerprint density at radius 1 is 1.26 bits per heavy atom. The quantitative estimate of drug-likeness (QED) is 0.531. The Balaban J connectivity index is 0.000000858. The van der Waals surface area contributed by atoms with Gasteiger partial charge in [-0.05, 0) is 24.3 Å². The van der Waals surface area contributed by atoms with Crippen LogP contribution in [0.2, 0.25) is 10.0 Å². The first-order valence-electron chi connectivity index (χ1n) is 9.27. The van der Waals surface area contributed by atoms with Crippen LogP contribution in [0.1, 0.15) is 5.56 Å². The van der Waals surface area contributed by atoms with Crippen molar-refractivity contribution in [3.8, 4) is 17.2 Å². The zero-order chi connectivity index (χ0) is 22.2. The number of halogens is 2. The number of anilines is 3. The topological polar surface area (TPSA) is 104 Å². The molecule has 1 saturated heterocycles. The molecule has 1 aliphatic heterocycles. The molecular formula is C21H19Cl2N5O2S. The number of nitrogens with zero attached hydrogens (tertiary/aromatic N) is 3. The summed E-state index contributed by atoms with van der Waals surface area (Å²) < 4.78 is 5.46. The summed E-state index contributed by atoms with van der Waals surface area (Å²) in [6.07, 6.45) is 1.97. The molecule has 1 aliphatic rings. The predicted molar refractivity (Wildman–Crippen MR) is 125 cm³/mol. The van der Waals surface area contributed by atoms with Crippen LogP contribution >= 0.6 is 34.5 Å². The summed E-state index contributed by atoms with van der Waals surface area (Å²) in [5.41, 5.74) is 6.28. The second kappa shape index (κ2) is 11.0. The van der Waals surface area contributed by atoms with Crippen molar-refractivity contribution in [1.82, 2.24) is 4.98 Å².